The van der Waals surface area contributed by atoms with Gasteiger partial charge in [0.1, 0.15) is 5.52 Å². The Morgan fingerprint density at radius 1 is 1.05 bits per heavy atom. The van der Waals surface area contributed by atoms with Gasteiger partial charge in [-0.1, -0.05) is 18.2 Å². The van der Waals surface area contributed by atoms with E-state index in [1.165, 1.54) is 24.0 Å². The van der Waals surface area contributed by atoms with E-state index in [4.69, 9.17) is 10.2 Å². The Morgan fingerprint density at radius 2 is 1.90 bits per heavy atom. The Morgan fingerprint density at radius 3 is 2.81 bits per heavy atom. The lowest BCUT2D eigenvalue weighted by atomic mass is 9.90. The summed E-state index contributed by atoms with van der Waals surface area (Å²) in [6.07, 6.45) is 4.79. The Hall–Kier alpha value is -2.49. The zero-order valence-electron chi connectivity index (χ0n) is 11.7. The normalized spacial score (nSPS) is 14.1. The number of hydrogen-bond donors (Lipinski definition) is 2. The molecule has 3 aromatic rings. The fraction of sp³-hybridized carbons (Fsp3) is 0.235. The standard InChI is InChI=1S/C17H17N3O/c18-13-8-4-10-15-16(13)20-17(21-15)19-14-9-3-6-11-5-1-2-7-12(11)14/h3-4,6,8-10H,1-2,5,7,18H2,(H,19,20). The summed E-state index contributed by atoms with van der Waals surface area (Å²) in [5.41, 5.74) is 11.9. The molecule has 1 aliphatic carbocycles. The highest BCUT2D eigenvalue weighted by Crippen LogP contribution is 2.31. The first-order valence-electron chi connectivity index (χ1n) is 7.34. The maximum Gasteiger partial charge on any atom is 0.300 e. The van der Waals surface area contributed by atoms with Crippen molar-refractivity contribution in [1.29, 1.82) is 0 Å². The van der Waals surface area contributed by atoms with Gasteiger partial charge in [0, 0.05) is 5.69 Å². The number of nitrogens with one attached hydrogen (secondary N) is 1. The smallest absolute Gasteiger partial charge is 0.300 e. The van der Waals surface area contributed by atoms with Crippen LogP contribution in [0, 0.1) is 0 Å². The highest BCUT2D eigenvalue weighted by Gasteiger charge is 2.15. The Kier molecular flexibility index (Phi) is 2.81. The predicted molar refractivity (Wildman–Crippen MR) is 84.8 cm³/mol. The molecule has 1 heterocycles. The molecule has 1 aliphatic rings. The third-order valence-corrected chi connectivity index (χ3v) is 4.09. The second-order valence-corrected chi connectivity index (χ2v) is 5.49. The van der Waals surface area contributed by atoms with E-state index in [-0.39, 0.29) is 0 Å². The topological polar surface area (TPSA) is 64.1 Å². The largest absolute Gasteiger partial charge is 0.423 e. The van der Waals surface area contributed by atoms with Crippen molar-refractivity contribution in [2.45, 2.75) is 25.7 Å². The second kappa shape index (κ2) is 4.81. The van der Waals surface area contributed by atoms with E-state index >= 15 is 0 Å². The molecule has 0 saturated carbocycles. The zero-order chi connectivity index (χ0) is 14.2. The summed E-state index contributed by atoms with van der Waals surface area (Å²) in [5.74, 6) is 0. The van der Waals surface area contributed by atoms with Gasteiger partial charge in [-0.25, -0.2) is 0 Å². The first-order chi connectivity index (χ1) is 10.3. The molecule has 1 aromatic heterocycles. The lowest BCUT2D eigenvalue weighted by Crippen LogP contribution is -2.06. The van der Waals surface area contributed by atoms with Crippen LogP contribution in [0.25, 0.3) is 11.1 Å². The molecule has 0 radical (unpaired) electrons. The summed E-state index contributed by atoms with van der Waals surface area (Å²) in [7, 11) is 0. The van der Waals surface area contributed by atoms with Crippen molar-refractivity contribution >= 4 is 28.5 Å². The molecule has 0 unspecified atom stereocenters. The Balaban J connectivity index is 1.73. The number of nitrogens with zero attached hydrogens (tertiary/aromatic N) is 1. The fourth-order valence-corrected chi connectivity index (χ4v) is 3.04. The summed E-state index contributed by atoms with van der Waals surface area (Å²) >= 11 is 0. The lowest BCUT2D eigenvalue weighted by molar-refractivity contribution is 0.622. The van der Waals surface area contributed by atoms with Gasteiger partial charge in [0.05, 0.1) is 5.69 Å². The highest BCUT2D eigenvalue weighted by molar-refractivity contribution is 5.86. The molecule has 0 aliphatic heterocycles. The van der Waals surface area contributed by atoms with E-state index in [9.17, 15) is 0 Å². The van der Waals surface area contributed by atoms with Crippen LogP contribution < -0.4 is 11.1 Å². The molecule has 0 amide bonds. The van der Waals surface area contributed by atoms with Crippen molar-refractivity contribution < 1.29 is 4.42 Å². The van der Waals surface area contributed by atoms with Crippen molar-refractivity contribution in [3.05, 3.63) is 47.5 Å². The van der Waals surface area contributed by atoms with Crippen LogP contribution in [0.3, 0.4) is 0 Å². The van der Waals surface area contributed by atoms with E-state index < -0.39 is 0 Å². The van der Waals surface area contributed by atoms with Crippen molar-refractivity contribution in [3.8, 4) is 0 Å². The number of fused-ring (bicyclic) bond motifs is 2. The molecular weight excluding hydrogens is 262 g/mol. The van der Waals surface area contributed by atoms with Gasteiger partial charge in [-0.2, -0.15) is 4.98 Å². The van der Waals surface area contributed by atoms with Gasteiger partial charge >= 0.3 is 0 Å². The fourth-order valence-electron chi connectivity index (χ4n) is 3.04. The lowest BCUT2D eigenvalue weighted by Gasteiger charge is -2.18. The summed E-state index contributed by atoms with van der Waals surface area (Å²) in [6, 6.07) is 12.5. The number of para-hydroxylation sites is 1. The minimum absolute atomic E-state index is 0.502. The number of aryl methyl sites for hydroxylation is 1. The van der Waals surface area contributed by atoms with E-state index in [2.05, 4.69) is 28.5 Å². The SMILES string of the molecule is Nc1cccc2oc(Nc3cccc4c3CCCC4)nc12. The van der Waals surface area contributed by atoms with Gasteiger partial charge in [-0.15, -0.1) is 0 Å². The summed E-state index contributed by atoms with van der Waals surface area (Å²) in [5, 5.41) is 3.32. The highest BCUT2D eigenvalue weighted by atomic mass is 16.4. The zero-order valence-corrected chi connectivity index (χ0v) is 11.7. The van der Waals surface area contributed by atoms with Crippen molar-refractivity contribution in [3.63, 3.8) is 0 Å². The van der Waals surface area contributed by atoms with E-state index in [1.807, 2.05) is 18.2 Å². The van der Waals surface area contributed by atoms with Gasteiger partial charge in [0.15, 0.2) is 5.58 Å². The first-order valence-corrected chi connectivity index (χ1v) is 7.34. The van der Waals surface area contributed by atoms with Gasteiger partial charge in [0.25, 0.3) is 6.01 Å². The van der Waals surface area contributed by atoms with Crippen LogP contribution in [0.2, 0.25) is 0 Å². The first kappa shape index (κ1) is 12.3. The van der Waals surface area contributed by atoms with Crippen LogP contribution in [0.4, 0.5) is 17.4 Å². The second-order valence-electron chi connectivity index (χ2n) is 5.49. The molecule has 0 spiro atoms. The molecule has 2 aromatic carbocycles. The van der Waals surface area contributed by atoms with Gasteiger partial charge in [0.2, 0.25) is 0 Å². The van der Waals surface area contributed by atoms with E-state index in [0.717, 1.165) is 18.5 Å². The van der Waals surface area contributed by atoms with Crippen LogP contribution >= 0.6 is 0 Å². The summed E-state index contributed by atoms with van der Waals surface area (Å²) in [6.45, 7) is 0. The third-order valence-electron chi connectivity index (χ3n) is 4.09. The summed E-state index contributed by atoms with van der Waals surface area (Å²) in [4.78, 5) is 4.45. The molecule has 3 N–H and O–H groups in total. The number of anilines is 3. The number of nitrogen functional groups attached to an aromatic ring is 1. The molecule has 0 fully saturated rings. The molecular formula is C17H17N3O. The number of aromatic nitrogens is 1. The monoisotopic (exact) mass is 279 g/mol. The quantitative estimate of drug-likeness (QED) is 0.695. The number of benzene rings is 2. The minimum Gasteiger partial charge on any atom is -0.423 e. The van der Waals surface area contributed by atoms with Crippen LogP contribution in [-0.4, -0.2) is 4.98 Å². The van der Waals surface area contributed by atoms with Gasteiger partial charge < -0.3 is 15.5 Å². The van der Waals surface area contributed by atoms with Crippen LogP contribution in [0.5, 0.6) is 0 Å². The maximum atomic E-state index is 5.92. The van der Waals surface area contributed by atoms with Crippen molar-refractivity contribution in [2.75, 3.05) is 11.1 Å². The van der Waals surface area contributed by atoms with Crippen LogP contribution in [0.15, 0.2) is 40.8 Å². The van der Waals surface area contributed by atoms with Gasteiger partial charge in [-0.05, 0) is 55.0 Å². The number of oxazole rings is 1. The summed E-state index contributed by atoms with van der Waals surface area (Å²) < 4.78 is 5.74. The maximum absolute atomic E-state index is 5.92. The molecule has 106 valence electrons. The molecule has 4 rings (SSSR count). The van der Waals surface area contributed by atoms with Crippen molar-refractivity contribution in [1.82, 2.24) is 4.98 Å². The number of nitrogens with two attached hydrogens (primary N) is 1. The van der Waals surface area contributed by atoms with Crippen molar-refractivity contribution in [2.24, 2.45) is 0 Å². The van der Waals surface area contributed by atoms with Gasteiger partial charge in [-0.3, -0.25) is 0 Å². The Labute approximate surface area is 123 Å². The van der Waals surface area contributed by atoms with E-state index in [0.29, 0.717) is 22.8 Å². The predicted octanol–water partition coefficient (Wildman–Crippen LogP) is 4.03. The molecule has 4 heteroatoms. The number of rotatable bonds is 2. The average Bonchev–Trinajstić information content (AvgIpc) is 2.92. The molecule has 0 atom stereocenters. The molecule has 0 saturated heterocycles. The molecule has 4 nitrogen and oxygen atoms in total. The minimum atomic E-state index is 0.502. The molecule has 21 heavy (non-hydrogen) atoms. The molecule has 0 bridgehead atoms. The average molecular weight is 279 g/mol. The number of hydrogen-bond acceptors (Lipinski definition) is 4. The third kappa shape index (κ3) is 2.13. The Bertz CT molecular complexity index is 807. The van der Waals surface area contributed by atoms with Crippen LogP contribution in [-0.2, 0) is 12.8 Å². The van der Waals surface area contributed by atoms with Crippen LogP contribution in [0.1, 0.15) is 24.0 Å². The van der Waals surface area contributed by atoms with E-state index in [1.54, 1.807) is 0 Å².